The third-order valence-corrected chi connectivity index (χ3v) is 7.29. The molecule has 5 aromatic carbocycles. The molecule has 0 saturated heterocycles. The maximum atomic E-state index is 2.47. The van der Waals surface area contributed by atoms with E-state index in [-0.39, 0.29) is 5.41 Å². The molecule has 0 saturated carbocycles. The molecule has 6 aromatic rings. The molecule has 1 heteroatoms. The molecule has 1 nitrogen and oxygen atoms in total. The number of benzene rings is 5. The minimum atomic E-state index is 0.137. The molecule has 1 aliphatic carbocycles. The average molecular weight is 424 g/mol. The van der Waals surface area contributed by atoms with Crippen LogP contribution in [0.1, 0.15) is 26.3 Å². The molecule has 0 aliphatic heterocycles. The van der Waals surface area contributed by atoms with Gasteiger partial charge in [0.05, 0.1) is 11.0 Å². The molecule has 1 aromatic heterocycles. The lowest BCUT2D eigenvalue weighted by Gasteiger charge is -2.20. The molecule has 0 amide bonds. The molecule has 0 atom stereocenters. The number of hydrogen-bond donors (Lipinski definition) is 0. The molecule has 0 radical (unpaired) electrons. The molecular weight excluding hydrogens is 398 g/mol. The molecule has 1 aliphatic rings. The monoisotopic (exact) mass is 423 g/mol. The predicted molar refractivity (Wildman–Crippen MR) is 141 cm³/mol. The van der Waals surface area contributed by atoms with Crippen molar-refractivity contribution in [3.05, 3.63) is 103 Å². The zero-order valence-corrected chi connectivity index (χ0v) is 19.2. The summed E-state index contributed by atoms with van der Waals surface area (Å²) in [5.74, 6) is 0. The van der Waals surface area contributed by atoms with E-state index in [1.165, 1.54) is 66.1 Å². The van der Waals surface area contributed by atoms with Gasteiger partial charge in [0.2, 0.25) is 0 Å². The van der Waals surface area contributed by atoms with Crippen LogP contribution in [0.15, 0.2) is 97.1 Å². The van der Waals surface area contributed by atoms with Gasteiger partial charge in [-0.2, -0.15) is 0 Å². The Balaban J connectivity index is 1.64. The van der Waals surface area contributed by atoms with Crippen LogP contribution < -0.4 is 0 Å². The Labute approximate surface area is 193 Å². The molecular formula is C32H25N. The Bertz CT molecular complexity index is 1720. The highest BCUT2D eigenvalue weighted by atomic mass is 15.0. The summed E-state index contributed by atoms with van der Waals surface area (Å²) in [5, 5.41) is 5.31. The van der Waals surface area contributed by atoms with E-state index in [1.807, 2.05) is 0 Å². The first kappa shape index (κ1) is 18.7. The molecule has 0 bridgehead atoms. The molecule has 0 spiro atoms. The Kier molecular flexibility index (Phi) is 3.60. The Morgan fingerprint density at radius 1 is 0.576 bits per heavy atom. The lowest BCUT2D eigenvalue weighted by Crippen LogP contribution is -2.10. The van der Waals surface area contributed by atoms with E-state index in [4.69, 9.17) is 0 Å². The van der Waals surface area contributed by atoms with Gasteiger partial charge in [-0.25, -0.2) is 0 Å². The van der Waals surface area contributed by atoms with Crippen LogP contribution in [0, 0.1) is 0 Å². The number of nitrogens with zero attached hydrogens (tertiary/aromatic N) is 1. The van der Waals surface area contributed by atoms with Crippen molar-refractivity contribution in [3.8, 4) is 27.9 Å². The highest BCUT2D eigenvalue weighted by molar-refractivity contribution is 6.24. The van der Waals surface area contributed by atoms with Gasteiger partial charge in [0.15, 0.2) is 0 Å². The van der Waals surface area contributed by atoms with E-state index in [0.29, 0.717) is 0 Å². The molecule has 0 unspecified atom stereocenters. The van der Waals surface area contributed by atoms with Crippen LogP contribution in [0.25, 0.3) is 60.5 Å². The van der Waals surface area contributed by atoms with Gasteiger partial charge in [0.1, 0.15) is 0 Å². The summed E-state index contributed by atoms with van der Waals surface area (Å²) in [7, 11) is 0. The summed E-state index contributed by atoms with van der Waals surface area (Å²) in [5.41, 5.74) is 10.7. The van der Waals surface area contributed by atoms with E-state index in [1.54, 1.807) is 0 Å². The van der Waals surface area contributed by atoms with Crippen molar-refractivity contribution >= 4 is 32.6 Å². The van der Waals surface area contributed by atoms with Gasteiger partial charge in [-0.05, 0) is 56.6 Å². The fourth-order valence-electron chi connectivity index (χ4n) is 5.71. The van der Waals surface area contributed by atoms with Crippen molar-refractivity contribution in [2.24, 2.45) is 0 Å². The maximum absolute atomic E-state index is 2.47. The van der Waals surface area contributed by atoms with Gasteiger partial charge < -0.3 is 4.57 Å². The van der Waals surface area contributed by atoms with Crippen molar-refractivity contribution < 1.29 is 0 Å². The summed E-state index contributed by atoms with van der Waals surface area (Å²) < 4.78 is 2.47. The van der Waals surface area contributed by atoms with E-state index >= 15 is 0 Å². The minimum absolute atomic E-state index is 0.137. The highest BCUT2D eigenvalue weighted by Gasteiger charge is 2.26. The molecule has 1 heterocycles. The van der Waals surface area contributed by atoms with Gasteiger partial charge >= 0.3 is 0 Å². The molecule has 158 valence electrons. The van der Waals surface area contributed by atoms with Gasteiger partial charge in [0.25, 0.3) is 0 Å². The zero-order chi connectivity index (χ0) is 22.3. The number of rotatable bonds is 1. The molecule has 7 rings (SSSR count). The summed E-state index contributed by atoms with van der Waals surface area (Å²) in [6.07, 6.45) is 0. The van der Waals surface area contributed by atoms with Crippen molar-refractivity contribution in [2.75, 3.05) is 0 Å². The standard InChI is InChI=1S/C32H25N/c1-32(2,3)21-14-16-22(17-15-21)33-28-13-5-4-10-23(28)26-19-18-25-24-11-6-8-20-9-7-12-27(29(20)24)30(25)31(26)33/h4-19H,1-3H3. The maximum Gasteiger partial charge on any atom is 0.0625 e. The van der Waals surface area contributed by atoms with Crippen LogP contribution in [0.4, 0.5) is 0 Å². The minimum Gasteiger partial charge on any atom is -0.309 e. The molecule has 0 fully saturated rings. The van der Waals surface area contributed by atoms with Crippen molar-refractivity contribution in [2.45, 2.75) is 26.2 Å². The lowest BCUT2D eigenvalue weighted by atomic mass is 9.87. The van der Waals surface area contributed by atoms with Crippen LogP contribution in [-0.2, 0) is 5.41 Å². The van der Waals surface area contributed by atoms with Crippen LogP contribution in [0.5, 0.6) is 0 Å². The van der Waals surface area contributed by atoms with Crippen LogP contribution in [-0.4, -0.2) is 4.57 Å². The summed E-state index contributed by atoms with van der Waals surface area (Å²) in [4.78, 5) is 0. The lowest BCUT2D eigenvalue weighted by molar-refractivity contribution is 0.590. The summed E-state index contributed by atoms with van der Waals surface area (Å²) in [6.45, 7) is 6.81. The highest BCUT2D eigenvalue weighted by Crippen LogP contribution is 2.51. The van der Waals surface area contributed by atoms with E-state index < -0.39 is 0 Å². The second-order valence-corrected chi connectivity index (χ2v) is 10.2. The van der Waals surface area contributed by atoms with Gasteiger partial charge in [0, 0.05) is 22.0 Å². The summed E-state index contributed by atoms with van der Waals surface area (Å²) in [6, 6.07) is 36.0. The molecule has 33 heavy (non-hydrogen) atoms. The first-order valence-corrected chi connectivity index (χ1v) is 11.7. The normalized spacial score (nSPS) is 12.7. The fourth-order valence-corrected chi connectivity index (χ4v) is 5.71. The number of para-hydroxylation sites is 1. The Morgan fingerprint density at radius 2 is 1.30 bits per heavy atom. The number of aromatic nitrogens is 1. The van der Waals surface area contributed by atoms with E-state index in [2.05, 4.69) is 122 Å². The predicted octanol–water partition coefficient (Wildman–Crippen LogP) is 8.88. The van der Waals surface area contributed by atoms with E-state index in [9.17, 15) is 0 Å². The van der Waals surface area contributed by atoms with Gasteiger partial charge in [-0.1, -0.05) is 99.6 Å². The Morgan fingerprint density at radius 3 is 2.06 bits per heavy atom. The van der Waals surface area contributed by atoms with Crippen LogP contribution >= 0.6 is 0 Å². The Hall–Kier alpha value is -3.84. The third-order valence-electron chi connectivity index (χ3n) is 7.29. The zero-order valence-electron chi connectivity index (χ0n) is 19.2. The van der Waals surface area contributed by atoms with Crippen molar-refractivity contribution in [1.29, 1.82) is 0 Å². The summed E-state index contributed by atoms with van der Waals surface area (Å²) >= 11 is 0. The van der Waals surface area contributed by atoms with Crippen LogP contribution in [0.3, 0.4) is 0 Å². The number of fused-ring (bicyclic) bond motifs is 7. The second kappa shape index (κ2) is 6.36. The molecule has 0 N–H and O–H groups in total. The quantitative estimate of drug-likeness (QED) is 0.248. The SMILES string of the molecule is CC(C)(C)c1ccc(-n2c3ccccc3c3ccc4c(c32)-c2cccc3cccc-4c23)cc1. The van der Waals surface area contributed by atoms with Gasteiger partial charge in [-0.3, -0.25) is 0 Å². The smallest absolute Gasteiger partial charge is 0.0625 e. The van der Waals surface area contributed by atoms with Crippen molar-refractivity contribution in [3.63, 3.8) is 0 Å². The largest absolute Gasteiger partial charge is 0.309 e. The first-order chi connectivity index (χ1) is 16.0. The van der Waals surface area contributed by atoms with Crippen molar-refractivity contribution in [1.82, 2.24) is 4.57 Å². The van der Waals surface area contributed by atoms with Crippen LogP contribution in [0.2, 0.25) is 0 Å². The topological polar surface area (TPSA) is 4.93 Å². The fraction of sp³-hybridized carbons (Fsp3) is 0.125. The van der Waals surface area contributed by atoms with Gasteiger partial charge in [-0.15, -0.1) is 0 Å². The first-order valence-electron chi connectivity index (χ1n) is 11.7. The second-order valence-electron chi connectivity index (χ2n) is 10.2. The van der Waals surface area contributed by atoms with E-state index in [0.717, 1.165) is 0 Å². The average Bonchev–Trinajstić information content (AvgIpc) is 3.33. The number of hydrogen-bond acceptors (Lipinski definition) is 0. The third kappa shape index (κ3) is 2.48.